The molecule has 1 aliphatic heterocycles. The molecule has 0 saturated carbocycles. The highest BCUT2D eigenvalue weighted by atomic mass is 16.6. The van der Waals surface area contributed by atoms with Crippen LogP contribution in [-0.2, 0) is 9.53 Å². The number of ether oxygens (including phenoxy) is 2. The zero-order valence-electron chi connectivity index (χ0n) is 9.10. The first-order valence-corrected chi connectivity index (χ1v) is 5.08. The Labute approximate surface area is 97.1 Å². The van der Waals surface area contributed by atoms with Gasteiger partial charge in [-0.1, -0.05) is 0 Å². The van der Waals surface area contributed by atoms with E-state index in [9.17, 15) is 14.7 Å². The van der Waals surface area contributed by atoms with E-state index in [2.05, 4.69) is 5.32 Å². The van der Waals surface area contributed by atoms with E-state index in [0.29, 0.717) is 11.3 Å². The third kappa shape index (κ3) is 2.21. The maximum absolute atomic E-state index is 11.4. The molecule has 1 unspecified atom stereocenters. The van der Waals surface area contributed by atoms with Crippen molar-refractivity contribution in [2.24, 2.45) is 0 Å². The summed E-state index contributed by atoms with van der Waals surface area (Å²) >= 11 is 0. The van der Waals surface area contributed by atoms with Crippen LogP contribution in [0.5, 0.6) is 5.75 Å². The van der Waals surface area contributed by atoms with Crippen LogP contribution < -0.4 is 10.1 Å². The molecule has 1 amide bonds. The molecule has 1 aromatic rings. The molecule has 0 saturated heterocycles. The van der Waals surface area contributed by atoms with Crippen molar-refractivity contribution >= 4 is 17.6 Å². The molecule has 1 atom stereocenters. The van der Waals surface area contributed by atoms with Crippen molar-refractivity contribution in [1.82, 2.24) is 0 Å². The van der Waals surface area contributed by atoms with E-state index in [4.69, 9.17) is 9.47 Å². The second kappa shape index (κ2) is 4.42. The molecule has 2 N–H and O–H groups in total. The van der Waals surface area contributed by atoms with Crippen LogP contribution in [0.4, 0.5) is 5.69 Å². The third-order valence-corrected chi connectivity index (χ3v) is 2.21. The van der Waals surface area contributed by atoms with Gasteiger partial charge in [0.2, 0.25) is 0 Å². The minimum atomic E-state index is -1.56. The summed E-state index contributed by atoms with van der Waals surface area (Å²) in [6.45, 7) is 1.98. The fourth-order valence-corrected chi connectivity index (χ4v) is 1.43. The van der Waals surface area contributed by atoms with E-state index in [1.165, 1.54) is 18.2 Å². The van der Waals surface area contributed by atoms with Gasteiger partial charge >= 0.3 is 5.97 Å². The fourth-order valence-electron chi connectivity index (χ4n) is 1.43. The van der Waals surface area contributed by atoms with Crippen LogP contribution in [0, 0.1) is 0 Å². The first-order valence-electron chi connectivity index (χ1n) is 5.08. The lowest BCUT2D eigenvalue weighted by atomic mass is 10.1. The molecule has 0 radical (unpaired) electrons. The summed E-state index contributed by atoms with van der Waals surface area (Å²) in [6, 6.07) is 4.44. The number of esters is 1. The number of rotatable bonds is 2. The van der Waals surface area contributed by atoms with Crippen molar-refractivity contribution in [3.63, 3.8) is 0 Å². The van der Waals surface area contributed by atoms with Gasteiger partial charge in [0.15, 0.2) is 0 Å². The van der Waals surface area contributed by atoms with E-state index >= 15 is 0 Å². The molecule has 0 spiro atoms. The summed E-state index contributed by atoms with van der Waals surface area (Å²) < 4.78 is 9.77. The van der Waals surface area contributed by atoms with Crippen molar-refractivity contribution in [3.8, 4) is 5.75 Å². The molecule has 17 heavy (non-hydrogen) atoms. The molecule has 6 nitrogen and oxygen atoms in total. The number of amides is 1. The predicted octanol–water partition coefficient (Wildman–Crippen LogP) is 0.513. The molecule has 0 aromatic heterocycles. The summed E-state index contributed by atoms with van der Waals surface area (Å²) in [5.41, 5.74) is 0.710. The van der Waals surface area contributed by atoms with E-state index in [0.717, 1.165) is 0 Å². The second-order valence-electron chi connectivity index (χ2n) is 3.39. The van der Waals surface area contributed by atoms with Gasteiger partial charge in [-0.2, -0.15) is 0 Å². The number of aliphatic hydroxyl groups excluding tert-OH is 1. The zero-order chi connectivity index (χ0) is 12.4. The fraction of sp³-hybridized carbons (Fsp3) is 0.273. The van der Waals surface area contributed by atoms with Crippen LogP contribution in [-0.4, -0.2) is 29.9 Å². The maximum Gasteiger partial charge on any atom is 0.338 e. The molecule has 2 rings (SSSR count). The third-order valence-electron chi connectivity index (χ3n) is 2.21. The summed E-state index contributed by atoms with van der Waals surface area (Å²) in [4.78, 5) is 22.5. The minimum absolute atomic E-state index is 0.239. The minimum Gasteiger partial charge on any atom is -0.462 e. The Kier molecular flexibility index (Phi) is 2.97. The van der Waals surface area contributed by atoms with Gasteiger partial charge in [0.25, 0.3) is 12.2 Å². The lowest BCUT2D eigenvalue weighted by Crippen LogP contribution is -2.36. The molecule has 0 bridgehead atoms. The van der Waals surface area contributed by atoms with Crippen molar-refractivity contribution in [2.75, 3.05) is 11.9 Å². The molecule has 1 aliphatic rings. The highest BCUT2D eigenvalue weighted by molar-refractivity contribution is 5.98. The number of carbonyl (C=O) groups is 2. The van der Waals surface area contributed by atoms with Gasteiger partial charge in [-0.05, 0) is 25.1 Å². The average molecular weight is 237 g/mol. The zero-order valence-corrected chi connectivity index (χ0v) is 9.10. The number of nitrogens with one attached hydrogen (secondary N) is 1. The average Bonchev–Trinajstić information content (AvgIpc) is 2.30. The molecule has 0 aliphatic carbocycles. The first-order chi connectivity index (χ1) is 8.11. The largest absolute Gasteiger partial charge is 0.462 e. The van der Waals surface area contributed by atoms with Crippen LogP contribution in [0.1, 0.15) is 17.3 Å². The van der Waals surface area contributed by atoms with Crippen LogP contribution in [0.15, 0.2) is 18.2 Å². The summed E-state index contributed by atoms with van der Waals surface area (Å²) in [7, 11) is 0. The number of hydrogen-bond donors (Lipinski definition) is 2. The van der Waals surface area contributed by atoms with Gasteiger partial charge in [0.1, 0.15) is 5.75 Å². The summed E-state index contributed by atoms with van der Waals surface area (Å²) in [6.07, 6.45) is -1.56. The maximum atomic E-state index is 11.4. The van der Waals surface area contributed by atoms with Crippen molar-refractivity contribution in [2.45, 2.75) is 13.2 Å². The van der Waals surface area contributed by atoms with E-state index in [1.54, 1.807) is 6.92 Å². The van der Waals surface area contributed by atoms with Gasteiger partial charge in [-0.3, -0.25) is 4.79 Å². The number of carbonyl (C=O) groups excluding carboxylic acids is 2. The normalized spacial score (nSPS) is 17.8. The first kappa shape index (κ1) is 11.4. The Hall–Kier alpha value is -2.08. The van der Waals surface area contributed by atoms with Crippen LogP contribution >= 0.6 is 0 Å². The highest BCUT2D eigenvalue weighted by Gasteiger charge is 2.26. The van der Waals surface area contributed by atoms with Crippen LogP contribution in [0.25, 0.3) is 0 Å². The monoisotopic (exact) mass is 237 g/mol. The van der Waals surface area contributed by atoms with Crippen LogP contribution in [0.2, 0.25) is 0 Å². The smallest absolute Gasteiger partial charge is 0.338 e. The summed E-state index contributed by atoms with van der Waals surface area (Å²) in [5.74, 6) is -0.880. The summed E-state index contributed by atoms with van der Waals surface area (Å²) in [5, 5.41) is 11.6. The molecular weight excluding hydrogens is 226 g/mol. The van der Waals surface area contributed by atoms with Crippen LogP contribution in [0.3, 0.4) is 0 Å². The molecule has 6 heteroatoms. The van der Waals surface area contributed by atoms with Gasteiger partial charge in [0.05, 0.1) is 17.9 Å². The van der Waals surface area contributed by atoms with Crippen molar-refractivity contribution in [1.29, 1.82) is 0 Å². The Morgan fingerprint density at radius 2 is 2.35 bits per heavy atom. The van der Waals surface area contributed by atoms with E-state index in [-0.39, 0.29) is 12.4 Å². The van der Waals surface area contributed by atoms with Gasteiger partial charge in [0, 0.05) is 0 Å². The number of benzene rings is 1. The van der Waals surface area contributed by atoms with Gasteiger partial charge in [-0.15, -0.1) is 0 Å². The number of anilines is 1. The standard InChI is InChI=1S/C11H11NO5/c1-2-16-10(14)6-3-4-7-8(5-6)17-11(15)9(13)12-7/h3-5,11,15H,2H2,1H3,(H,12,13). The Balaban J connectivity index is 2.28. The molecule has 1 aromatic carbocycles. The quantitative estimate of drug-likeness (QED) is 0.732. The molecule has 90 valence electrons. The lowest BCUT2D eigenvalue weighted by Gasteiger charge is -2.22. The Morgan fingerprint density at radius 1 is 1.59 bits per heavy atom. The Morgan fingerprint density at radius 3 is 3.06 bits per heavy atom. The second-order valence-corrected chi connectivity index (χ2v) is 3.39. The predicted molar refractivity (Wildman–Crippen MR) is 57.7 cm³/mol. The van der Waals surface area contributed by atoms with Gasteiger partial charge in [-0.25, -0.2) is 4.79 Å². The lowest BCUT2D eigenvalue weighted by molar-refractivity contribution is -0.139. The number of fused-ring (bicyclic) bond motifs is 1. The van der Waals surface area contributed by atoms with Crippen molar-refractivity contribution in [3.05, 3.63) is 23.8 Å². The number of hydrogen-bond acceptors (Lipinski definition) is 5. The SMILES string of the molecule is CCOC(=O)c1ccc2c(c1)OC(O)C(=O)N2. The molecular formula is C11H11NO5. The van der Waals surface area contributed by atoms with Crippen molar-refractivity contribution < 1.29 is 24.2 Å². The van der Waals surface area contributed by atoms with Gasteiger partial charge < -0.3 is 19.9 Å². The Bertz CT molecular complexity index is 471. The highest BCUT2D eigenvalue weighted by Crippen LogP contribution is 2.30. The van der Waals surface area contributed by atoms with E-state index < -0.39 is 18.2 Å². The topological polar surface area (TPSA) is 84.9 Å². The van der Waals surface area contributed by atoms with E-state index in [1.807, 2.05) is 0 Å². The number of aliphatic hydroxyl groups is 1. The molecule has 1 heterocycles. The molecule has 0 fully saturated rings.